The third kappa shape index (κ3) is 10.0. The number of fused-ring (bicyclic) bond motifs is 4. The fraction of sp³-hybridized carbons (Fsp3) is 0.364. The molecular weight excluding hydrogens is 1060 g/mol. The number of imidazole rings is 1. The molecule has 72 heavy (non-hydrogen) atoms. The normalized spacial score (nSPS) is 13.8. The molecule has 0 atom stereocenters. The summed E-state index contributed by atoms with van der Waals surface area (Å²) in [6, 6.07) is 45.7. The van der Waals surface area contributed by atoms with Gasteiger partial charge in [-0.15, -0.1) is 29.3 Å². The minimum absolute atomic E-state index is 0. The number of hydrogen-bond acceptors (Lipinski definition) is 4. The quantitative estimate of drug-likeness (QED) is 0.169. The summed E-state index contributed by atoms with van der Waals surface area (Å²) in [6.45, 7) is 38.0. The summed E-state index contributed by atoms with van der Waals surface area (Å²) < 4.78 is 9.39. The molecule has 1 aliphatic heterocycles. The number of phenols is 1. The van der Waals surface area contributed by atoms with E-state index in [2.05, 4.69) is 244 Å². The predicted molar refractivity (Wildman–Crippen MR) is 298 cm³/mol. The van der Waals surface area contributed by atoms with E-state index in [1.165, 1.54) is 22.3 Å². The minimum Gasteiger partial charge on any atom is -0.507 e. The Hall–Kier alpha value is -5.77. The Kier molecular flexibility index (Phi) is 13.4. The van der Waals surface area contributed by atoms with Crippen molar-refractivity contribution in [1.82, 2.24) is 14.5 Å². The van der Waals surface area contributed by atoms with Crippen LogP contribution in [0.1, 0.15) is 151 Å². The van der Waals surface area contributed by atoms with Crippen LogP contribution < -0.4 is 4.74 Å². The fourth-order valence-corrected chi connectivity index (χ4v) is 10.2. The number of hydrogen-bond donors (Lipinski definition) is 1. The first-order valence-electron chi connectivity index (χ1n) is 25.5. The molecule has 0 fully saturated rings. The summed E-state index contributed by atoms with van der Waals surface area (Å²) in [5.41, 5.74) is 16.9. The van der Waals surface area contributed by atoms with Gasteiger partial charge in [0.25, 0.3) is 0 Å². The van der Waals surface area contributed by atoms with E-state index in [-0.39, 0.29) is 53.9 Å². The Labute approximate surface area is 444 Å². The molecule has 0 bridgehead atoms. The Bertz CT molecular complexity index is 3360. The van der Waals surface area contributed by atoms with Crippen molar-refractivity contribution < 1.29 is 30.9 Å². The standard InChI is InChI=1S/C66H74N3O2.Pt/c1-61(2,3)39-40-26-28-48-49-30-31-67-56(59(49)71-66(16,17)52(48)32-40)43-33-42(34-45(35-43)63(7,8)9)47-24-21-25-55-57(47)68-60(51-37-46(64(10,11)12)38-53(58(51)70)65(13,14)15)69(55)54-29-27-44(62(4,5)6)36-50(54)41-22-19-18-20-23-41;/h18-32,34-38,70H,39H2,1-17H3;/q-1;. The SMILES string of the molecule is CC(C)(C)Cc1ccc2c(c1)C(C)(C)Oc1c-2ccnc1-c1[c-]c(-c2cccc3c2nc(-c2cc(C(C)(C)C)cc(C(C)(C)C)c2O)n3-c2ccc(C(C)(C)C)cc2-c2ccccc2)cc(C(C)(C)C)c1.[Pt]. The van der Waals surface area contributed by atoms with Crippen LogP contribution in [0.2, 0.25) is 0 Å². The summed E-state index contributed by atoms with van der Waals surface area (Å²) in [4.78, 5) is 10.8. The summed E-state index contributed by atoms with van der Waals surface area (Å²) in [7, 11) is 0. The number of rotatable bonds is 6. The third-order valence-electron chi connectivity index (χ3n) is 14.2. The average molecular weight is 1140 g/mol. The van der Waals surface area contributed by atoms with Gasteiger partial charge in [0.1, 0.15) is 22.9 Å². The molecule has 1 aliphatic rings. The summed E-state index contributed by atoms with van der Waals surface area (Å²) in [5, 5.41) is 12.7. The van der Waals surface area contributed by atoms with Crippen molar-refractivity contribution in [2.45, 2.75) is 151 Å². The van der Waals surface area contributed by atoms with E-state index in [9.17, 15) is 5.11 Å². The second-order valence-electron chi connectivity index (χ2n) is 25.9. The van der Waals surface area contributed by atoms with Crippen LogP contribution in [-0.2, 0) is 54.7 Å². The number of aromatic nitrogens is 3. The van der Waals surface area contributed by atoms with Crippen LogP contribution in [0.4, 0.5) is 0 Å². The van der Waals surface area contributed by atoms with Crippen molar-refractivity contribution in [3.8, 4) is 73.2 Å². The van der Waals surface area contributed by atoms with Crippen LogP contribution in [0.25, 0.3) is 72.7 Å². The number of ether oxygens (including phenoxy) is 1. The monoisotopic (exact) mass is 1140 g/mol. The largest absolute Gasteiger partial charge is 0.507 e. The maximum Gasteiger partial charge on any atom is 0.148 e. The van der Waals surface area contributed by atoms with Crippen molar-refractivity contribution >= 4 is 11.0 Å². The molecule has 1 N–H and O–H groups in total. The molecule has 0 unspecified atom stereocenters. The van der Waals surface area contributed by atoms with E-state index < -0.39 is 5.60 Å². The molecule has 376 valence electrons. The predicted octanol–water partition coefficient (Wildman–Crippen LogP) is 17.7. The number of pyridine rings is 1. The van der Waals surface area contributed by atoms with Crippen molar-refractivity contribution in [2.75, 3.05) is 0 Å². The first kappa shape index (κ1) is 52.5. The second-order valence-corrected chi connectivity index (χ2v) is 25.9. The maximum atomic E-state index is 12.7. The number of nitrogens with zero attached hydrogens (tertiary/aromatic N) is 3. The van der Waals surface area contributed by atoms with Gasteiger partial charge >= 0.3 is 0 Å². The maximum absolute atomic E-state index is 12.7. The zero-order valence-corrected chi connectivity index (χ0v) is 48.0. The average Bonchev–Trinajstić information content (AvgIpc) is 3.66. The molecular formula is C66H74N3O2Pt-. The van der Waals surface area contributed by atoms with Gasteiger partial charge in [-0.2, -0.15) is 0 Å². The molecule has 0 radical (unpaired) electrons. The van der Waals surface area contributed by atoms with Crippen LogP contribution >= 0.6 is 0 Å². The molecule has 8 aromatic rings. The van der Waals surface area contributed by atoms with E-state index in [1.54, 1.807) is 0 Å². The van der Waals surface area contributed by atoms with Gasteiger partial charge in [-0.1, -0.05) is 188 Å². The Morgan fingerprint density at radius 1 is 0.583 bits per heavy atom. The zero-order chi connectivity index (χ0) is 51.4. The molecule has 0 amide bonds. The summed E-state index contributed by atoms with van der Waals surface area (Å²) in [5.74, 6) is 1.69. The topological polar surface area (TPSA) is 60.2 Å². The Morgan fingerprint density at radius 2 is 1.22 bits per heavy atom. The fourth-order valence-electron chi connectivity index (χ4n) is 10.2. The van der Waals surface area contributed by atoms with Crippen molar-refractivity contribution in [3.05, 3.63) is 161 Å². The minimum atomic E-state index is -0.598. The van der Waals surface area contributed by atoms with Gasteiger partial charge < -0.3 is 9.84 Å². The molecule has 0 aliphatic carbocycles. The Morgan fingerprint density at radius 3 is 1.86 bits per heavy atom. The van der Waals surface area contributed by atoms with Crippen LogP contribution in [0.3, 0.4) is 0 Å². The molecule has 6 heteroatoms. The van der Waals surface area contributed by atoms with Crippen LogP contribution in [0.5, 0.6) is 11.5 Å². The summed E-state index contributed by atoms with van der Waals surface area (Å²) >= 11 is 0. The molecule has 9 rings (SSSR count). The number of para-hydroxylation sites is 1. The van der Waals surface area contributed by atoms with E-state index in [0.29, 0.717) is 11.4 Å². The van der Waals surface area contributed by atoms with E-state index in [1.807, 2.05) is 6.20 Å². The molecule has 6 aromatic carbocycles. The van der Waals surface area contributed by atoms with E-state index >= 15 is 0 Å². The van der Waals surface area contributed by atoms with Gasteiger partial charge in [0.05, 0.1) is 22.3 Å². The Balaban J connectivity index is 0.00000693. The first-order chi connectivity index (χ1) is 33.0. The van der Waals surface area contributed by atoms with Crippen molar-refractivity contribution in [3.63, 3.8) is 0 Å². The zero-order valence-electron chi connectivity index (χ0n) is 45.8. The van der Waals surface area contributed by atoms with Crippen LogP contribution in [0.15, 0.2) is 121 Å². The van der Waals surface area contributed by atoms with Crippen molar-refractivity contribution in [1.29, 1.82) is 0 Å². The molecule has 0 saturated carbocycles. The number of aromatic hydroxyl groups is 1. The van der Waals surface area contributed by atoms with Gasteiger partial charge in [0.15, 0.2) is 0 Å². The first-order valence-corrected chi connectivity index (χ1v) is 25.5. The smallest absolute Gasteiger partial charge is 0.148 e. The molecule has 0 saturated heterocycles. The second kappa shape index (κ2) is 18.3. The van der Waals surface area contributed by atoms with E-state index in [4.69, 9.17) is 14.7 Å². The number of phenolic OH excluding ortho intramolecular Hbond substituents is 1. The van der Waals surface area contributed by atoms with Gasteiger partial charge in [-0.05, 0) is 105 Å². The molecule has 5 nitrogen and oxygen atoms in total. The molecule has 2 aromatic heterocycles. The number of benzene rings is 6. The van der Waals surface area contributed by atoms with Gasteiger partial charge in [-0.25, -0.2) is 4.98 Å². The van der Waals surface area contributed by atoms with E-state index in [0.717, 1.165) is 84.7 Å². The third-order valence-corrected chi connectivity index (χ3v) is 14.2. The summed E-state index contributed by atoms with van der Waals surface area (Å²) in [6.07, 6.45) is 2.89. The van der Waals surface area contributed by atoms with Gasteiger partial charge in [0, 0.05) is 55.2 Å². The molecule has 0 spiro atoms. The van der Waals surface area contributed by atoms with Crippen LogP contribution in [-0.4, -0.2) is 19.6 Å². The van der Waals surface area contributed by atoms with Gasteiger partial charge in [0.2, 0.25) is 0 Å². The van der Waals surface area contributed by atoms with Crippen molar-refractivity contribution in [2.24, 2.45) is 5.41 Å². The van der Waals surface area contributed by atoms with Gasteiger partial charge in [-0.3, -0.25) is 9.55 Å². The molecule has 3 heterocycles. The van der Waals surface area contributed by atoms with Crippen LogP contribution in [0, 0.1) is 11.5 Å².